The first kappa shape index (κ1) is 8.91. The molecule has 1 aromatic rings. The van der Waals surface area contributed by atoms with Gasteiger partial charge in [-0.2, -0.15) is 0 Å². The molecule has 3 heteroatoms. The topological polar surface area (TPSA) is 43.1 Å². The van der Waals surface area contributed by atoms with Crippen molar-refractivity contribution < 1.29 is 4.79 Å². The Morgan fingerprint density at radius 1 is 1.69 bits per heavy atom. The average molecular weight is 195 g/mol. The van der Waals surface area contributed by atoms with E-state index in [0.717, 1.165) is 18.4 Å². The second kappa shape index (κ2) is 3.24. The molecule has 70 valence electrons. The smallest absolute Gasteiger partial charge is 0.168 e. The summed E-state index contributed by atoms with van der Waals surface area (Å²) in [6.45, 7) is 1.92. The Hall–Kier alpha value is -0.670. The number of hydrogen-bond acceptors (Lipinski definition) is 3. The zero-order valence-corrected chi connectivity index (χ0v) is 8.43. The van der Waals surface area contributed by atoms with Gasteiger partial charge in [-0.1, -0.05) is 0 Å². The summed E-state index contributed by atoms with van der Waals surface area (Å²) in [7, 11) is 0. The lowest BCUT2D eigenvalue weighted by Gasteiger charge is -2.23. The van der Waals surface area contributed by atoms with Crippen molar-refractivity contribution >= 4 is 17.1 Å². The summed E-state index contributed by atoms with van der Waals surface area (Å²) in [4.78, 5) is 13.1. The molecular weight excluding hydrogens is 182 g/mol. The molecular formula is C10H13NOS. The second-order valence-corrected chi connectivity index (χ2v) is 4.63. The Labute approximate surface area is 81.8 Å². The van der Waals surface area contributed by atoms with Crippen LogP contribution in [-0.2, 0) is 6.42 Å². The van der Waals surface area contributed by atoms with Crippen molar-refractivity contribution in [1.29, 1.82) is 0 Å². The fraction of sp³-hybridized carbons (Fsp3) is 0.500. The third-order valence-corrected chi connectivity index (χ3v) is 3.65. The van der Waals surface area contributed by atoms with Crippen LogP contribution in [-0.4, -0.2) is 11.8 Å². The molecule has 13 heavy (non-hydrogen) atoms. The lowest BCUT2D eigenvalue weighted by atomic mass is 9.83. The van der Waals surface area contributed by atoms with Crippen molar-refractivity contribution in [3.8, 4) is 0 Å². The lowest BCUT2D eigenvalue weighted by molar-refractivity contribution is 0.0887. The molecule has 1 aromatic heterocycles. The Kier molecular flexibility index (Phi) is 2.22. The van der Waals surface area contributed by atoms with Gasteiger partial charge in [0, 0.05) is 22.4 Å². The van der Waals surface area contributed by atoms with Gasteiger partial charge in [-0.25, -0.2) is 0 Å². The zero-order valence-electron chi connectivity index (χ0n) is 7.62. The number of nitrogens with two attached hydrogens (primary N) is 1. The minimum atomic E-state index is -0.0134. The highest BCUT2D eigenvalue weighted by Crippen LogP contribution is 2.30. The molecule has 0 saturated carbocycles. The number of aryl methyl sites for hydroxylation is 1. The van der Waals surface area contributed by atoms with E-state index in [1.165, 1.54) is 4.88 Å². The van der Waals surface area contributed by atoms with Gasteiger partial charge in [0.2, 0.25) is 0 Å². The normalized spacial score (nSPS) is 24.2. The molecule has 0 saturated heterocycles. The van der Waals surface area contributed by atoms with Gasteiger partial charge in [-0.3, -0.25) is 4.79 Å². The van der Waals surface area contributed by atoms with Crippen LogP contribution in [0.25, 0.3) is 0 Å². The Morgan fingerprint density at radius 2 is 2.46 bits per heavy atom. The highest BCUT2D eigenvalue weighted by atomic mass is 32.1. The molecule has 2 N–H and O–H groups in total. The first-order valence-electron chi connectivity index (χ1n) is 4.56. The molecule has 0 spiro atoms. The molecule has 2 rings (SSSR count). The van der Waals surface area contributed by atoms with Gasteiger partial charge >= 0.3 is 0 Å². The van der Waals surface area contributed by atoms with E-state index in [-0.39, 0.29) is 17.7 Å². The van der Waals surface area contributed by atoms with Crippen LogP contribution in [0.4, 0.5) is 0 Å². The first-order valence-corrected chi connectivity index (χ1v) is 5.44. The molecule has 1 aliphatic carbocycles. The SMILES string of the molecule is CC(N)C1CCc2sccc2C1=O. The number of carbonyl (C=O) groups excluding carboxylic acids is 1. The summed E-state index contributed by atoms with van der Waals surface area (Å²) in [5.41, 5.74) is 6.68. The van der Waals surface area contributed by atoms with Gasteiger partial charge in [-0.15, -0.1) is 11.3 Å². The number of Topliss-reactive ketones (excluding diaryl/α,β-unsaturated/α-hetero) is 1. The van der Waals surface area contributed by atoms with E-state index in [2.05, 4.69) is 0 Å². The number of rotatable bonds is 1. The molecule has 2 unspecified atom stereocenters. The van der Waals surface area contributed by atoms with Crippen LogP contribution in [0, 0.1) is 5.92 Å². The van der Waals surface area contributed by atoms with Crippen molar-refractivity contribution in [3.63, 3.8) is 0 Å². The van der Waals surface area contributed by atoms with E-state index < -0.39 is 0 Å². The molecule has 0 fully saturated rings. The molecule has 0 aliphatic heterocycles. The van der Waals surface area contributed by atoms with Gasteiger partial charge in [0.25, 0.3) is 0 Å². The highest BCUT2D eigenvalue weighted by molar-refractivity contribution is 7.10. The van der Waals surface area contributed by atoms with E-state index in [4.69, 9.17) is 5.73 Å². The van der Waals surface area contributed by atoms with Crippen molar-refractivity contribution in [3.05, 3.63) is 21.9 Å². The van der Waals surface area contributed by atoms with E-state index in [1.54, 1.807) is 11.3 Å². The number of hydrogen-bond donors (Lipinski definition) is 1. The minimum absolute atomic E-state index is 0.0134. The summed E-state index contributed by atoms with van der Waals surface area (Å²) >= 11 is 1.68. The van der Waals surface area contributed by atoms with Crippen LogP contribution >= 0.6 is 11.3 Å². The molecule has 0 amide bonds. The largest absolute Gasteiger partial charge is 0.327 e. The quantitative estimate of drug-likeness (QED) is 0.743. The van der Waals surface area contributed by atoms with Gasteiger partial charge in [-0.05, 0) is 31.2 Å². The predicted octanol–water partition coefficient (Wildman–Crippen LogP) is 1.84. The Bertz CT molecular complexity index is 329. The fourth-order valence-electron chi connectivity index (χ4n) is 1.87. The van der Waals surface area contributed by atoms with Crippen molar-refractivity contribution in [2.45, 2.75) is 25.8 Å². The van der Waals surface area contributed by atoms with Gasteiger partial charge in [0.05, 0.1) is 0 Å². The minimum Gasteiger partial charge on any atom is -0.327 e. The first-order chi connectivity index (χ1) is 6.20. The number of thiophene rings is 1. The zero-order chi connectivity index (χ0) is 9.42. The lowest BCUT2D eigenvalue weighted by Crippen LogP contribution is -2.35. The summed E-state index contributed by atoms with van der Waals surface area (Å²) in [5, 5.41) is 1.99. The summed E-state index contributed by atoms with van der Waals surface area (Å²) in [6, 6.07) is 1.91. The molecule has 0 radical (unpaired) electrons. The second-order valence-electron chi connectivity index (χ2n) is 3.63. The molecule has 0 bridgehead atoms. The number of ketones is 1. The van der Waals surface area contributed by atoms with E-state index >= 15 is 0 Å². The maximum atomic E-state index is 11.8. The summed E-state index contributed by atoms with van der Waals surface area (Å²) in [6.07, 6.45) is 1.94. The third-order valence-electron chi connectivity index (χ3n) is 2.66. The molecule has 2 atom stereocenters. The molecule has 1 aliphatic rings. The Balaban J connectivity index is 2.32. The maximum absolute atomic E-state index is 11.8. The summed E-state index contributed by atoms with van der Waals surface area (Å²) < 4.78 is 0. The summed E-state index contributed by atoms with van der Waals surface area (Å²) in [5.74, 6) is 0.291. The van der Waals surface area contributed by atoms with Crippen molar-refractivity contribution in [2.24, 2.45) is 11.7 Å². The maximum Gasteiger partial charge on any atom is 0.168 e. The molecule has 0 aromatic carbocycles. The van der Waals surface area contributed by atoms with Gasteiger partial charge < -0.3 is 5.73 Å². The van der Waals surface area contributed by atoms with Crippen molar-refractivity contribution in [1.82, 2.24) is 0 Å². The monoisotopic (exact) mass is 195 g/mol. The number of carbonyl (C=O) groups is 1. The van der Waals surface area contributed by atoms with E-state index in [0.29, 0.717) is 0 Å². The van der Waals surface area contributed by atoms with Crippen LogP contribution in [0.1, 0.15) is 28.6 Å². The van der Waals surface area contributed by atoms with Crippen LogP contribution in [0.2, 0.25) is 0 Å². The van der Waals surface area contributed by atoms with E-state index in [1.807, 2.05) is 18.4 Å². The average Bonchev–Trinajstić information content (AvgIpc) is 2.52. The van der Waals surface area contributed by atoms with Crippen LogP contribution in [0.15, 0.2) is 11.4 Å². The fourth-order valence-corrected chi connectivity index (χ4v) is 2.77. The Morgan fingerprint density at radius 3 is 3.15 bits per heavy atom. The third kappa shape index (κ3) is 1.42. The molecule has 1 heterocycles. The molecule has 2 nitrogen and oxygen atoms in total. The van der Waals surface area contributed by atoms with Gasteiger partial charge in [0.1, 0.15) is 0 Å². The van der Waals surface area contributed by atoms with Crippen LogP contribution < -0.4 is 5.73 Å². The van der Waals surface area contributed by atoms with Crippen LogP contribution in [0.3, 0.4) is 0 Å². The van der Waals surface area contributed by atoms with Gasteiger partial charge in [0.15, 0.2) is 5.78 Å². The number of fused-ring (bicyclic) bond motifs is 1. The standard InChI is InChI=1S/C10H13NOS/c1-6(11)7-2-3-9-8(10(7)12)4-5-13-9/h4-7H,2-3,11H2,1H3. The van der Waals surface area contributed by atoms with E-state index in [9.17, 15) is 4.79 Å². The highest BCUT2D eigenvalue weighted by Gasteiger charge is 2.30. The van der Waals surface area contributed by atoms with Crippen LogP contribution in [0.5, 0.6) is 0 Å². The van der Waals surface area contributed by atoms with Crippen molar-refractivity contribution in [2.75, 3.05) is 0 Å². The predicted molar refractivity (Wildman–Crippen MR) is 54.1 cm³/mol.